The molecule has 5 nitrogen and oxygen atoms in total. The van der Waals surface area contributed by atoms with Crippen molar-refractivity contribution in [3.8, 4) is 22.7 Å². The molecule has 0 fully saturated rings. The van der Waals surface area contributed by atoms with Gasteiger partial charge in [0, 0.05) is 10.6 Å². The van der Waals surface area contributed by atoms with Gasteiger partial charge in [-0.15, -0.1) is 0 Å². The molecule has 0 atom stereocenters. The van der Waals surface area contributed by atoms with E-state index in [1.165, 1.54) is 6.07 Å². The van der Waals surface area contributed by atoms with Crippen LogP contribution in [0.2, 0.25) is 5.02 Å². The lowest BCUT2D eigenvalue weighted by atomic mass is 10.1. The minimum atomic E-state index is -1.09. The molecule has 3 aromatic rings. The van der Waals surface area contributed by atoms with Gasteiger partial charge in [0.15, 0.2) is 5.69 Å². The molecule has 2 aromatic carbocycles. The number of rotatable bonds is 4. The summed E-state index contributed by atoms with van der Waals surface area (Å²) in [7, 11) is 1.58. The van der Waals surface area contributed by atoms with E-state index in [9.17, 15) is 9.90 Å². The first kappa shape index (κ1) is 15.1. The fourth-order valence-electron chi connectivity index (χ4n) is 2.28. The number of carbonyl (C=O) groups is 1. The van der Waals surface area contributed by atoms with Gasteiger partial charge in [0.1, 0.15) is 5.75 Å². The molecule has 0 bridgehead atoms. The van der Waals surface area contributed by atoms with E-state index in [0.29, 0.717) is 22.2 Å². The van der Waals surface area contributed by atoms with Gasteiger partial charge in [-0.25, -0.2) is 9.48 Å². The molecule has 0 unspecified atom stereocenters. The second-order valence-corrected chi connectivity index (χ2v) is 5.28. The minimum absolute atomic E-state index is 0.0391. The third kappa shape index (κ3) is 3.05. The second-order valence-electron chi connectivity index (χ2n) is 4.84. The number of nitrogens with zero attached hydrogens (tertiary/aromatic N) is 2. The average Bonchev–Trinajstić information content (AvgIpc) is 3.00. The molecule has 116 valence electrons. The molecule has 1 N–H and O–H groups in total. The first-order valence-electron chi connectivity index (χ1n) is 6.82. The van der Waals surface area contributed by atoms with Crippen LogP contribution in [0, 0.1) is 0 Å². The largest absolute Gasteiger partial charge is 0.497 e. The van der Waals surface area contributed by atoms with Gasteiger partial charge in [0.05, 0.1) is 18.5 Å². The average molecular weight is 329 g/mol. The van der Waals surface area contributed by atoms with Gasteiger partial charge < -0.3 is 9.84 Å². The van der Waals surface area contributed by atoms with Crippen molar-refractivity contribution < 1.29 is 14.6 Å². The lowest BCUT2D eigenvalue weighted by Crippen LogP contribution is -2.02. The highest BCUT2D eigenvalue weighted by molar-refractivity contribution is 6.30. The van der Waals surface area contributed by atoms with Gasteiger partial charge in [0.25, 0.3) is 0 Å². The van der Waals surface area contributed by atoms with E-state index in [4.69, 9.17) is 16.3 Å². The van der Waals surface area contributed by atoms with Crippen LogP contribution in [0.25, 0.3) is 16.9 Å². The summed E-state index contributed by atoms with van der Waals surface area (Å²) in [4.78, 5) is 11.3. The number of carboxylic acid groups (broad SMARTS) is 1. The Morgan fingerprint density at radius 2 is 1.96 bits per heavy atom. The van der Waals surface area contributed by atoms with Gasteiger partial charge in [0.2, 0.25) is 0 Å². The zero-order valence-corrected chi connectivity index (χ0v) is 13.0. The number of hydrogen-bond acceptors (Lipinski definition) is 3. The van der Waals surface area contributed by atoms with E-state index in [2.05, 4.69) is 5.10 Å². The highest BCUT2D eigenvalue weighted by atomic mass is 35.5. The van der Waals surface area contributed by atoms with Gasteiger partial charge in [-0.3, -0.25) is 0 Å². The number of hydrogen-bond donors (Lipinski definition) is 1. The summed E-state index contributed by atoms with van der Waals surface area (Å²) in [5.41, 5.74) is 2.08. The summed E-state index contributed by atoms with van der Waals surface area (Å²) in [6.07, 6.45) is 0. The van der Waals surface area contributed by atoms with Crippen molar-refractivity contribution in [1.82, 2.24) is 9.78 Å². The summed E-state index contributed by atoms with van der Waals surface area (Å²) in [6.45, 7) is 0. The van der Waals surface area contributed by atoms with E-state index in [1.54, 1.807) is 30.0 Å². The maximum atomic E-state index is 11.3. The van der Waals surface area contributed by atoms with Crippen LogP contribution < -0.4 is 4.74 Å². The second kappa shape index (κ2) is 6.14. The highest BCUT2D eigenvalue weighted by Gasteiger charge is 2.16. The van der Waals surface area contributed by atoms with Crippen molar-refractivity contribution in [2.75, 3.05) is 7.11 Å². The standard InChI is InChI=1S/C17H13ClN2O3/c1-23-14-7-2-4-11(8-14)16-10-15(17(21)22)19-20(16)13-6-3-5-12(18)9-13/h2-10H,1H3,(H,21,22). The minimum Gasteiger partial charge on any atom is -0.497 e. The highest BCUT2D eigenvalue weighted by Crippen LogP contribution is 2.28. The van der Waals surface area contributed by atoms with Crippen molar-refractivity contribution >= 4 is 17.6 Å². The predicted molar refractivity (Wildman–Crippen MR) is 87.5 cm³/mol. The number of aromatic carboxylic acids is 1. The smallest absolute Gasteiger partial charge is 0.356 e. The van der Waals surface area contributed by atoms with Crippen LogP contribution >= 0.6 is 11.6 Å². The molecule has 0 saturated heterocycles. The number of halogens is 1. The van der Waals surface area contributed by atoms with E-state index >= 15 is 0 Å². The van der Waals surface area contributed by atoms with Crippen molar-refractivity contribution in [2.24, 2.45) is 0 Å². The zero-order chi connectivity index (χ0) is 16.4. The zero-order valence-electron chi connectivity index (χ0n) is 12.2. The maximum Gasteiger partial charge on any atom is 0.356 e. The number of ether oxygens (including phenoxy) is 1. The number of carboxylic acids is 1. The van der Waals surface area contributed by atoms with Crippen LogP contribution in [0.15, 0.2) is 54.6 Å². The summed E-state index contributed by atoms with van der Waals surface area (Å²) in [6, 6.07) is 15.9. The van der Waals surface area contributed by atoms with E-state index in [-0.39, 0.29) is 5.69 Å². The molecule has 3 rings (SSSR count). The Bertz CT molecular complexity index is 874. The summed E-state index contributed by atoms with van der Waals surface area (Å²) >= 11 is 6.03. The Morgan fingerprint density at radius 1 is 1.17 bits per heavy atom. The first-order valence-corrected chi connectivity index (χ1v) is 7.20. The van der Waals surface area contributed by atoms with Crippen LogP contribution in [-0.4, -0.2) is 28.0 Å². The predicted octanol–water partition coefficient (Wildman–Crippen LogP) is 3.90. The van der Waals surface area contributed by atoms with Crippen LogP contribution in [0.3, 0.4) is 0 Å². The molecule has 0 aliphatic carbocycles. The fourth-order valence-corrected chi connectivity index (χ4v) is 2.46. The van der Waals surface area contributed by atoms with Crippen molar-refractivity contribution in [2.45, 2.75) is 0 Å². The Hall–Kier alpha value is -2.79. The van der Waals surface area contributed by atoms with Crippen molar-refractivity contribution in [1.29, 1.82) is 0 Å². The molecule has 6 heteroatoms. The number of methoxy groups -OCH3 is 1. The molecule has 1 heterocycles. The van der Waals surface area contributed by atoms with Gasteiger partial charge in [-0.2, -0.15) is 5.10 Å². The van der Waals surface area contributed by atoms with Gasteiger partial charge in [-0.1, -0.05) is 29.8 Å². The molecule has 0 spiro atoms. The maximum absolute atomic E-state index is 11.3. The summed E-state index contributed by atoms with van der Waals surface area (Å²) < 4.78 is 6.79. The topological polar surface area (TPSA) is 64.3 Å². The lowest BCUT2D eigenvalue weighted by molar-refractivity contribution is 0.0690. The van der Waals surface area contributed by atoms with Gasteiger partial charge >= 0.3 is 5.97 Å². The Labute approximate surface area is 137 Å². The van der Waals surface area contributed by atoms with Crippen LogP contribution in [0.5, 0.6) is 5.75 Å². The van der Waals surface area contributed by atoms with Gasteiger partial charge in [-0.05, 0) is 36.4 Å². The monoisotopic (exact) mass is 328 g/mol. The molecule has 23 heavy (non-hydrogen) atoms. The fraction of sp³-hybridized carbons (Fsp3) is 0.0588. The van der Waals surface area contributed by atoms with E-state index in [0.717, 1.165) is 5.56 Å². The quantitative estimate of drug-likeness (QED) is 0.789. The lowest BCUT2D eigenvalue weighted by Gasteiger charge is -2.09. The van der Waals surface area contributed by atoms with E-state index in [1.807, 2.05) is 30.3 Å². The molecular weight excluding hydrogens is 316 g/mol. The molecule has 0 radical (unpaired) electrons. The van der Waals surface area contributed by atoms with Crippen LogP contribution in [0.1, 0.15) is 10.5 Å². The van der Waals surface area contributed by atoms with Crippen LogP contribution in [-0.2, 0) is 0 Å². The van der Waals surface area contributed by atoms with Crippen LogP contribution in [0.4, 0.5) is 0 Å². The molecule has 0 aliphatic rings. The Morgan fingerprint density at radius 3 is 2.65 bits per heavy atom. The summed E-state index contributed by atoms with van der Waals surface area (Å²) in [5, 5.41) is 14.0. The molecule has 0 amide bonds. The SMILES string of the molecule is COc1cccc(-c2cc(C(=O)O)nn2-c2cccc(Cl)c2)c1. The van der Waals surface area contributed by atoms with Crippen molar-refractivity contribution in [3.05, 3.63) is 65.3 Å². The first-order chi connectivity index (χ1) is 11.1. The summed E-state index contributed by atoms with van der Waals surface area (Å²) in [5.74, 6) is -0.409. The number of benzene rings is 2. The molecule has 0 aliphatic heterocycles. The Kier molecular flexibility index (Phi) is 4.04. The molecule has 0 saturated carbocycles. The molecule has 1 aromatic heterocycles. The Balaban J connectivity index is 2.20. The normalized spacial score (nSPS) is 10.5. The molecular formula is C17H13ClN2O3. The third-order valence-electron chi connectivity index (χ3n) is 3.35. The number of aromatic nitrogens is 2. The van der Waals surface area contributed by atoms with E-state index < -0.39 is 5.97 Å². The van der Waals surface area contributed by atoms with Crippen molar-refractivity contribution in [3.63, 3.8) is 0 Å². The third-order valence-corrected chi connectivity index (χ3v) is 3.58.